The van der Waals surface area contributed by atoms with Crippen molar-refractivity contribution in [1.82, 2.24) is 10.6 Å². The van der Waals surface area contributed by atoms with Crippen molar-refractivity contribution in [2.45, 2.75) is 64.1 Å². The fraction of sp³-hybridized carbons (Fsp3) is 0.846. The smallest absolute Gasteiger partial charge is 0.326 e. The SMILES string of the molecule is CCCCC(NC(=O)NC1(C)CCOC1C)C(=O)O. The second-order valence-electron chi connectivity index (χ2n) is 5.31. The number of hydrogen-bond acceptors (Lipinski definition) is 3. The molecule has 3 atom stereocenters. The van der Waals surface area contributed by atoms with Crippen LogP contribution in [0.3, 0.4) is 0 Å². The Morgan fingerprint density at radius 3 is 2.68 bits per heavy atom. The van der Waals surface area contributed by atoms with Gasteiger partial charge >= 0.3 is 12.0 Å². The minimum atomic E-state index is -0.996. The van der Waals surface area contributed by atoms with E-state index in [1.165, 1.54) is 0 Å². The first kappa shape index (κ1) is 15.8. The third-order valence-electron chi connectivity index (χ3n) is 3.74. The first-order valence-electron chi connectivity index (χ1n) is 6.82. The van der Waals surface area contributed by atoms with E-state index in [1.807, 2.05) is 20.8 Å². The summed E-state index contributed by atoms with van der Waals surface area (Å²) in [7, 11) is 0. The summed E-state index contributed by atoms with van der Waals surface area (Å²) in [5.41, 5.74) is -0.433. The summed E-state index contributed by atoms with van der Waals surface area (Å²) in [5, 5.41) is 14.4. The average molecular weight is 272 g/mol. The minimum absolute atomic E-state index is 0.0721. The number of rotatable bonds is 6. The minimum Gasteiger partial charge on any atom is -0.480 e. The molecule has 0 aromatic heterocycles. The molecule has 0 aromatic rings. The van der Waals surface area contributed by atoms with Gasteiger partial charge in [-0.1, -0.05) is 19.8 Å². The summed E-state index contributed by atoms with van der Waals surface area (Å²) in [6.45, 7) is 6.40. The van der Waals surface area contributed by atoms with Crippen LogP contribution in [0.15, 0.2) is 0 Å². The molecule has 1 saturated heterocycles. The van der Waals surface area contributed by atoms with Crippen molar-refractivity contribution in [2.24, 2.45) is 0 Å². The van der Waals surface area contributed by atoms with E-state index in [2.05, 4.69) is 10.6 Å². The highest BCUT2D eigenvalue weighted by atomic mass is 16.5. The van der Waals surface area contributed by atoms with Gasteiger partial charge in [0.05, 0.1) is 11.6 Å². The molecule has 0 radical (unpaired) electrons. The maximum Gasteiger partial charge on any atom is 0.326 e. The molecular formula is C13H24N2O4. The van der Waals surface area contributed by atoms with Gasteiger partial charge in [-0.15, -0.1) is 0 Å². The number of aliphatic carboxylic acids is 1. The number of ether oxygens (including phenoxy) is 1. The molecule has 0 aliphatic carbocycles. The fourth-order valence-electron chi connectivity index (χ4n) is 2.12. The molecule has 1 fully saturated rings. The molecule has 0 spiro atoms. The Bertz CT molecular complexity index is 335. The Balaban J connectivity index is 2.50. The van der Waals surface area contributed by atoms with Gasteiger partial charge in [0.2, 0.25) is 0 Å². The number of carbonyl (C=O) groups is 2. The first-order valence-corrected chi connectivity index (χ1v) is 6.82. The molecule has 1 heterocycles. The normalized spacial score (nSPS) is 27.8. The lowest BCUT2D eigenvalue weighted by molar-refractivity contribution is -0.139. The van der Waals surface area contributed by atoms with Crippen molar-refractivity contribution in [3.05, 3.63) is 0 Å². The number of hydrogen-bond donors (Lipinski definition) is 3. The lowest BCUT2D eigenvalue weighted by Gasteiger charge is -2.29. The van der Waals surface area contributed by atoms with Crippen LogP contribution in [-0.2, 0) is 9.53 Å². The van der Waals surface area contributed by atoms with Gasteiger partial charge in [-0.25, -0.2) is 9.59 Å². The van der Waals surface area contributed by atoms with E-state index < -0.39 is 23.6 Å². The second-order valence-corrected chi connectivity index (χ2v) is 5.31. The summed E-state index contributed by atoms with van der Waals surface area (Å²) in [6, 6.07) is -1.27. The van der Waals surface area contributed by atoms with Crippen molar-refractivity contribution in [1.29, 1.82) is 0 Å². The number of amides is 2. The van der Waals surface area contributed by atoms with Gasteiger partial charge in [-0.05, 0) is 26.7 Å². The van der Waals surface area contributed by atoms with Crippen LogP contribution >= 0.6 is 0 Å². The Kier molecular flexibility index (Phi) is 5.60. The van der Waals surface area contributed by atoms with Crippen LogP contribution in [-0.4, -0.2) is 41.4 Å². The topological polar surface area (TPSA) is 87.7 Å². The predicted molar refractivity (Wildman–Crippen MR) is 71.1 cm³/mol. The molecule has 3 unspecified atom stereocenters. The highest BCUT2D eigenvalue weighted by Gasteiger charge is 2.38. The van der Waals surface area contributed by atoms with Crippen LogP contribution in [0.25, 0.3) is 0 Å². The molecule has 6 heteroatoms. The quantitative estimate of drug-likeness (QED) is 0.683. The monoisotopic (exact) mass is 272 g/mol. The van der Waals surface area contributed by atoms with E-state index >= 15 is 0 Å². The van der Waals surface area contributed by atoms with Gasteiger partial charge < -0.3 is 20.5 Å². The fourth-order valence-corrected chi connectivity index (χ4v) is 2.12. The molecule has 2 amide bonds. The van der Waals surface area contributed by atoms with Crippen LogP contribution in [0, 0.1) is 0 Å². The van der Waals surface area contributed by atoms with Crippen LogP contribution in [0.4, 0.5) is 4.79 Å². The maximum atomic E-state index is 11.9. The van der Waals surface area contributed by atoms with Crippen molar-refractivity contribution in [2.75, 3.05) is 6.61 Å². The number of nitrogens with one attached hydrogen (secondary N) is 2. The van der Waals surface area contributed by atoms with E-state index in [9.17, 15) is 9.59 Å². The second kappa shape index (κ2) is 6.75. The molecule has 3 N–H and O–H groups in total. The van der Waals surface area contributed by atoms with Crippen LogP contribution in [0.1, 0.15) is 46.5 Å². The molecular weight excluding hydrogens is 248 g/mol. The van der Waals surface area contributed by atoms with E-state index in [0.717, 1.165) is 19.3 Å². The van der Waals surface area contributed by atoms with Crippen LogP contribution < -0.4 is 10.6 Å². The predicted octanol–water partition coefficient (Wildman–Crippen LogP) is 1.50. The summed E-state index contributed by atoms with van der Waals surface area (Å²) in [4.78, 5) is 22.9. The van der Waals surface area contributed by atoms with Gasteiger partial charge in [-0.3, -0.25) is 0 Å². The van der Waals surface area contributed by atoms with Crippen molar-refractivity contribution < 1.29 is 19.4 Å². The van der Waals surface area contributed by atoms with Gasteiger partial charge in [0.15, 0.2) is 0 Å². The molecule has 19 heavy (non-hydrogen) atoms. The third kappa shape index (κ3) is 4.38. The van der Waals surface area contributed by atoms with E-state index in [0.29, 0.717) is 13.0 Å². The Labute approximate surface area is 113 Å². The standard InChI is InChI=1S/C13H24N2O4/c1-4-5-6-10(11(16)17)14-12(18)15-13(3)7-8-19-9(13)2/h9-10H,4-8H2,1-3H3,(H,16,17)(H2,14,15,18). The Hall–Kier alpha value is -1.30. The van der Waals surface area contributed by atoms with E-state index in [4.69, 9.17) is 9.84 Å². The average Bonchev–Trinajstić information content (AvgIpc) is 2.64. The summed E-state index contributed by atoms with van der Waals surface area (Å²) in [6.07, 6.45) is 2.78. The first-order chi connectivity index (χ1) is 8.89. The highest BCUT2D eigenvalue weighted by molar-refractivity contribution is 5.82. The van der Waals surface area contributed by atoms with Gasteiger partial charge in [-0.2, -0.15) is 0 Å². The molecule has 6 nitrogen and oxygen atoms in total. The molecule has 1 aliphatic heterocycles. The number of urea groups is 1. The molecule has 110 valence electrons. The van der Waals surface area contributed by atoms with Crippen LogP contribution in [0.2, 0.25) is 0 Å². The molecule has 0 bridgehead atoms. The number of carboxylic acids is 1. The van der Waals surface area contributed by atoms with Crippen LogP contribution in [0.5, 0.6) is 0 Å². The maximum absolute atomic E-state index is 11.9. The Morgan fingerprint density at radius 2 is 2.21 bits per heavy atom. The third-order valence-corrected chi connectivity index (χ3v) is 3.74. The zero-order valence-electron chi connectivity index (χ0n) is 11.9. The zero-order valence-corrected chi connectivity index (χ0v) is 11.9. The number of carbonyl (C=O) groups excluding carboxylic acids is 1. The van der Waals surface area contributed by atoms with E-state index in [-0.39, 0.29) is 6.10 Å². The van der Waals surface area contributed by atoms with Gasteiger partial charge in [0.25, 0.3) is 0 Å². The highest BCUT2D eigenvalue weighted by Crippen LogP contribution is 2.24. The largest absolute Gasteiger partial charge is 0.480 e. The molecule has 1 aliphatic rings. The van der Waals surface area contributed by atoms with Crippen molar-refractivity contribution in [3.63, 3.8) is 0 Å². The van der Waals surface area contributed by atoms with Crippen molar-refractivity contribution in [3.8, 4) is 0 Å². The summed E-state index contributed by atoms with van der Waals surface area (Å²) < 4.78 is 5.43. The van der Waals surface area contributed by atoms with Gasteiger partial charge in [0, 0.05) is 6.61 Å². The number of carboxylic acid groups (broad SMARTS) is 1. The molecule has 0 saturated carbocycles. The lowest BCUT2D eigenvalue weighted by atomic mass is 9.95. The lowest BCUT2D eigenvalue weighted by Crippen LogP contribution is -2.56. The summed E-state index contributed by atoms with van der Waals surface area (Å²) in [5.74, 6) is -0.996. The zero-order chi connectivity index (χ0) is 14.5. The summed E-state index contributed by atoms with van der Waals surface area (Å²) >= 11 is 0. The number of unbranched alkanes of at least 4 members (excludes halogenated alkanes) is 1. The molecule has 0 aromatic carbocycles. The van der Waals surface area contributed by atoms with E-state index in [1.54, 1.807) is 0 Å². The molecule has 1 rings (SSSR count). The van der Waals surface area contributed by atoms with Crippen molar-refractivity contribution >= 4 is 12.0 Å². The van der Waals surface area contributed by atoms with Gasteiger partial charge in [0.1, 0.15) is 6.04 Å². The Morgan fingerprint density at radius 1 is 1.53 bits per heavy atom.